The minimum absolute atomic E-state index is 0.0544. The van der Waals surface area contributed by atoms with Crippen LogP contribution in [-0.4, -0.2) is 49.5 Å². The highest BCUT2D eigenvalue weighted by atomic mass is 32.2. The van der Waals surface area contributed by atoms with Crippen LogP contribution in [0, 0.1) is 13.8 Å². The molecule has 1 aromatic heterocycles. The Kier molecular flexibility index (Phi) is 5.70. The fraction of sp³-hybridized carbons (Fsp3) is 0.292. The van der Waals surface area contributed by atoms with E-state index in [0.717, 1.165) is 23.2 Å². The van der Waals surface area contributed by atoms with Crippen molar-refractivity contribution in [1.82, 2.24) is 20.6 Å². The molecule has 2 aromatic carbocycles. The number of sulfonamides is 1. The van der Waals surface area contributed by atoms with Gasteiger partial charge in [0.05, 0.1) is 16.6 Å². The Bertz CT molecular complexity index is 1360. The summed E-state index contributed by atoms with van der Waals surface area (Å²) in [6, 6.07) is 13.2. The molecule has 2 aliphatic rings. The molecule has 176 valence electrons. The van der Waals surface area contributed by atoms with Gasteiger partial charge in [-0.1, -0.05) is 24.3 Å². The minimum atomic E-state index is -4.05. The van der Waals surface area contributed by atoms with Crippen LogP contribution in [0.25, 0.3) is 11.3 Å². The number of carbonyl (C=O) groups excluding carboxylic acids is 1. The van der Waals surface area contributed by atoms with Crippen LogP contribution in [0.3, 0.4) is 0 Å². The third kappa shape index (κ3) is 4.34. The van der Waals surface area contributed by atoms with Crippen LogP contribution in [0.15, 0.2) is 53.4 Å². The van der Waals surface area contributed by atoms with E-state index in [1.165, 1.54) is 18.2 Å². The minimum Gasteiger partial charge on any atom is -0.472 e. The van der Waals surface area contributed by atoms with Crippen molar-refractivity contribution in [2.75, 3.05) is 17.8 Å². The zero-order valence-corrected chi connectivity index (χ0v) is 19.6. The fourth-order valence-electron chi connectivity index (χ4n) is 4.39. The Morgan fingerprint density at radius 1 is 1.03 bits per heavy atom. The number of hydrogen-bond donors (Lipinski definition) is 3. The Morgan fingerprint density at radius 2 is 1.79 bits per heavy atom. The number of benzene rings is 2. The second kappa shape index (κ2) is 8.69. The SMILES string of the molecule is Cc1cccc(C)c1-c1cc2nc(n1)NS(=O)(=O)c1cccc(c1)C(=O)N[C@@H]1CNCC[C@H]1O2. The molecular weight excluding hydrogens is 454 g/mol. The van der Waals surface area contributed by atoms with Gasteiger partial charge < -0.3 is 15.4 Å². The van der Waals surface area contributed by atoms with Crippen LogP contribution < -0.4 is 20.1 Å². The van der Waals surface area contributed by atoms with E-state index in [1.54, 1.807) is 12.1 Å². The lowest BCUT2D eigenvalue weighted by Crippen LogP contribution is -2.55. The zero-order valence-electron chi connectivity index (χ0n) is 18.8. The number of nitrogens with zero attached hydrogens (tertiary/aromatic N) is 2. The average molecular weight is 480 g/mol. The van der Waals surface area contributed by atoms with Gasteiger partial charge in [-0.25, -0.2) is 18.1 Å². The van der Waals surface area contributed by atoms with Crippen LogP contribution in [0.1, 0.15) is 27.9 Å². The van der Waals surface area contributed by atoms with Gasteiger partial charge in [-0.3, -0.25) is 4.79 Å². The molecule has 2 aliphatic heterocycles. The fourth-order valence-corrected chi connectivity index (χ4v) is 5.38. The number of aryl methyl sites for hydroxylation is 2. The van der Waals surface area contributed by atoms with Gasteiger partial charge in [0.15, 0.2) is 0 Å². The molecule has 9 nitrogen and oxygen atoms in total. The quantitative estimate of drug-likeness (QED) is 0.490. The third-order valence-corrected chi connectivity index (χ3v) is 7.41. The van der Waals surface area contributed by atoms with Gasteiger partial charge in [0.25, 0.3) is 15.9 Å². The number of amides is 1. The van der Waals surface area contributed by atoms with Gasteiger partial charge in [0.2, 0.25) is 11.8 Å². The highest BCUT2D eigenvalue weighted by Crippen LogP contribution is 2.30. The molecule has 5 rings (SSSR count). The normalized spacial score (nSPS) is 21.4. The smallest absolute Gasteiger partial charge is 0.264 e. The second-order valence-electron chi connectivity index (χ2n) is 8.54. The first-order valence-corrected chi connectivity index (χ1v) is 12.6. The van der Waals surface area contributed by atoms with Crippen LogP contribution in [0.2, 0.25) is 0 Å². The summed E-state index contributed by atoms with van der Waals surface area (Å²) in [5.41, 5.74) is 3.68. The topological polar surface area (TPSA) is 122 Å². The molecule has 1 amide bonds. The maximum atomic E-state index is 13.1. The first kappa shape index (κ1) is 22.3. The van der Waals surface area contributed by atoms with Gasteiger partial charge in [0.1, 0.15) is 6.10 Å². The van der Waals surface area contributed by atoms with Crippen LogP contribution in [-0.2, 0) is 10.0 Å². The van der Waals surface area contributed by atoms with Crippen LogP contribution in [0.5, 0.6) is 5.88 Å². The summed E-state index contributed by atoms with van der Waals surface area (Å²) in [6.07, 6.45) is 0.300. The van der Waals surface area contributed by atoms with Gasteiger partial charge in [-0.15, -0.1) is 0 Å². The molecule has 34 heavy (non-hydrogen) atoms. The molecule has 0 saturated carbocycles. The van der Waals surface area contributed by atoms with Crippen molar-refractivity contribution in [3.8, 4) is 17.1 Å². The van der Waals surface area contributed by atoms with E-state index >= 15 is 0 Å². The summed E-state index contributed by atoms with van der Waals surface area (Å²) in [5, 5.41) is 6.25. The number of rotatable bonds is 1. The molecule has 3 N–H and O–H groups in total. The van der Waals surface area contributed by atoms with Crippen molar-refractivity contribution >= 4 is 21.9 Å². The van der Waals surface area contributed by atoms with Gasteiger partial charge in [-0.2, -0.15) is 4.98 Å². The number of ether oxygens (including phenoxy) is 1. The van der Waals surface area contributed by atoms with Gasteiger partial charge in [0, 0.05) is 23.7 Å². The van der Waals surface area contributed by atoms with Crippen molar-refractivity contribution in [2.24, 2.45) is 0 Å². The molecule has 10 heteroatoms. The molecule has 0 radical (unpaired) electrons. The van der Waals surface area contributed by atoms with Crippen LogP contribution >= 0.6 is 0 Å². The summed E-state index contributed by atoms with van der Waals surface area (Å²) < 4.78 is 35.0. The molecule has 1 saturated heterocycles. The summed E-state index contributed by atoms with van der Waals surface area (Å²) in [4.78, 5) is 21.8. The summed E-state index contributed by atoms with van der Waals surface area (Å²) in [5.74, 6) is -0.223. The van der Waals surface area contributed by atoms with E-state index in [9.17, 15) is 13.2 Å². The van der Waals surface area contributed by atoms with E-state index < -0.39 is 10.0 Å². The van der Waals surface area contributed by atoms with Crippen molar-refractivity contribution < 1.29 is 17.9 Å². The molecule has 0 spiro atoms. The first-order chi connectivity index (χ1) is 16.3. The number of hydrogen-bond acceptors (Lipinski definition) is 7. The molecule has 1 fully saturated rings. The van der Waals surface area contributed by atoms with Crippen molar-refractivity contribution in [3.63, 3.8) is 0 Å². The van der Waals surface area contributed by atoms with Crippen molar-refractivity contribution in [1.29, 1.82) is 0 Å². The highest BCUT2D eigenvalue weighted by Gasteiger charge is 2.30. The zero-order chi connectivity index (χ0) is 23.9. The Balaban J connectivity index is 1.68. The predicted molar refractivity (Wildman–Crippen MR) is 127 cm³/mol. The standard InChI is InChI=1S/C24H25N5O4S/c1-14-5-3-6-15(2)22(14)18-12-21-28-24(27-18)29-34(31,32)17-8-4-7-16(11-17)23(30)26-19-13-25-10-9-20(19)33-21/h3-8,11-12,19-20,25H,9-10,13H2,1-2H3,(H,26,30)(H,27,28,29)/t19-,20-/m1/s1. The summed E-state index contributed by atoms with van der Waals surface area (Å²) in [7, 11) is -4.05. The number of anilines is 1. The van der Waals surface area contributed by atoms with Gasteiger partial charge in [-0.05, 0) is 56.1 Å². The van der Waals surface area contributed by atoms with Gasteiger partial charge >= 0.3 is 0 Å². The number of nitrogens with one attached hydrogen (secondary N) is 3. The summed E-state index contributed by atoms with van der Waals surface area (Å²) in [6.45, 7) is 5.19. The van der Waals surface area contributed by atoms with E-state index in [2.05, 4.69) is 25.3 Å². The molecule has 0 aliphatic carbocycles. The average Bonchev–Trinajstić information content (AvgIpc) is 2.79. The maximum Gasteiger partial charge on any atom is 0.264 e. The largest absolute Gasteiger partial charge is 0.472 e. The number of piperidine rings is 1. The lowest BCUT2D eigenvalue weighted by atomic mass is 10.00. The van der Waals surface area contributed by atoms with Crippen LogP contribution in [0.4, 0.5) is 5.95 Å². The number of fused-ring (bicyclic) bond motifs is 5. The molecular formula is C24H25N5O4S. The van der Waals surface area contributed by atoms with E-state index in [-0.39, 0.29) is 40.3 Å². The number of aromatic nitrogens is 2. The monoisotopic (exact) mass is 479 g/mol. The van der Waals surface area contributed by atoms with Crippen molar-refractivity contribution in [2.45, 2.75) is 37.3 Å². The van der Waals surface area contributed by atoms with Crippen molar-refractivity contribution in [3.05, 3.63) is 65.2 Å². The number of carbonyl (C=O) groups is 1. The lowest BCUT2D eigenvalue weighted by Gasteiger charge is -2.32. The van der Waals surface area contributed by atoms with E-state index in [0.29, 0.717) is 18.7 Å². The molecule has 0 unspecified atom stereocenters. The third-order valence-electron chi connectivity index (χ3n) is 6.08. The molecule has 3 heterocycles. The van der Waals surface area contributed by atoms with E-state index in [4.69, 9.17) is 4.74 Å². The molecule has 4 bridgehead atoms. The summed E-state index contributed by atoms with van der Waals surface area (Å²) >= 11 is 0. The first-order valence-electron chi connectivity index (χ1n) is 11.1. The highest BCUT2D eigenvalue weighted by molar-refractivity contribution is 7.92. The Morgan fingerprint density at radius 3 is 2.59 bits per heavy atom. The second-order valence-corrected chi connectivity index (χ2v) is 10.2. The predicted octanol–water partition coefficient (Wildman–Crippen LogP) is 2.41. The Hall–Kier alpha value is -3.50. The lowest BCUT2D eigenvalue weighted by molar-refractivity contribution is 0.0811. The van der Waals surface area contributed by atoms with E-state index in [1.807, 2.05) is 32.0 Å². The molecule has 3 aromatic rings. The maximum absolute atomic E-state index is 13.1. The Labute approximate surface area is 198 Å². The molecule has 2 atom stereocenters.